The number of rotatable bonds is 5. The average molecular weight is 300 g/mol. The molecule has 3 rings (SSSR count). The Bertz CT molecular complexity index is 626. The molecule has 0 aromatic carbocycles. The minimum Gasteiger partial charge on any atom is -0.340 e. The van der Waals surface area contributed by atoms with E-state index < -0.39 is 0 Å². The molecule has 1 amide bonds. The highest BCUT2D eigenvalue weighted by atomic mass is 16.5. The van der Waals surface area contributed by atoms with Crippen LogP contribution < -0.4 is 0 Å². The number of hydrogen-bond acceptors (Lipinski definition) is 5. The summed E-state index contributed by atoms with van der Waals surface area (Å²) in [7, 11) is 0. The van der Waals surface area contributed by atoms with Crippen LogP contribution in [0.25, 0.3) is 11.6 Å². The van der Waals surface area contributed by atoms with Gasteiger partial charge in [-0.25, -0.2) is 0 Å². The van der Waals surface area contributed by atoms with Gasteiger partial charge >= 0.3 is 0 Å². The maximum Gasteiger partial charge on any atom is 0.276 e. The molecule has 1 aliphatic rings. The summed E-state index contributed by atoms with van der Waals surface area (Å²) in [6.45, 7) is 2.79. The quantitative estimate of drug-likeness (QED) is 0.848. The molecule has 116 valence electrons. The van der Waals surface area contributed by atoms with Crippen molar-refractivity contribution in [3.8, 4) is 11.6 Å². The van der Waals surface area contributed by atoms with Crippen molar-refractivity contribution in [2.45, 2.75) is 45.1 Å². The first-order valence-electron chi connectivity index (χ1n) is 7.81. The first-order valence-corrected chi connectivity index (χ1v) is 7.81. The summed E-state index contributed by atoms with van der Waals surface area (Å²) in [5, 5.41) is 4.01. The molecule has 1 saturated heterocycles. The molecule has 1 aliphatic heterocycles. The predicted octanol–water partition coefficient (Wildman–Crippen LogP) is 2.47. The topological polar surface area (TPSA) is 72.1 Å². The summed E-state index contributed by atoms with van der Waals surface area (Å²) < 4.78 is 5.26. The number of aryl methyl sites for hydroxylation is 1. The molecule has 6 nitrogen and oxygen atoms in total. The van der Waals surface area contributed by atoms with E-state index in [1.807, 2.05) is 30.0 Å². The van der Waals surface area contributed by atoms with Crippen LogP contribution in [0.4, 0.5) is 0 Å². The summed E-state index contributed by atoms with van der Waals surface area (Å²) in [6, 6.07) is 5.89. The van der Waals surface area contributed by atoms with Gasteiger partial charge in [0, 0.05) is 31.6 Å². The Morgan fingerprint density at radius 2 is 2.36 bits per heavy atom. The largest absolute Gasteiger partial charge is 0.340 e. The Hall–Kier alpha value is -2.24. The highest BCUT2D eigenvalue weighted by Crippen LogP contribution is 2.22. The Morgan fingerprint density at radius 1 is 1.45 bits per heavy atom. The van der Waals surface area contributed by atoms with Gasteiger partial charge in [-0.3, -0.25) is 9.78 Å². The van der Waals surface area contributed by atoms with Crippen LogP contribution in [0.5, 0.6) is 0 Å². The second-order valence-corrected chi connectivity index (χ2v) is 5.51. The van der Waals surface area contributed by atoms with Crippen LogP contribution in [0.15, 0.2) is 28.9 Å². The van der Waals surface area contributed by atoms with Crippen molar-refractivity contribution in [1.29, 1.82) is 0 Å². The number of carbonyl (C=O) groups is 1. The van der Waals surface area contributed by atoms with Gasteiger partial charge in [-0.2, -0.15) is 4.98 Å². The smallest absolute Gasteiger partial charge is 0.276 e. The van der Waals surface area contributed by atoms with Crippen LogP contribution in [0.2, 0.25) is 0 Å². The van der Waals surface area contributed by atoms with Gasteiger partial charge < -0.3 is 9.42 Å². The van der Waals surface area contributed by atoms with E-state index >= 15 is 0 Å². The molecular weight excluding hydrogens is 280 g/mol. The lowest BCUT2D eigenvalue weighted by molar-refractivity contribution is -0.131. The fourth-order valence-electron chi connectivity index (χ4n) is 2.91. The third-order valence-corrected chi connectivity index (χ3v) is 4.05. The summed E-state index contributed by atoms with van der Waals surface area (Å²) in [5.41, 5.74) is 0.685. The molecule has 0 radical (unpaired) electrons. The first kappa shape index (κ1) is 14.7. The molecule has 1 fully saturated rings. The zero-order valence-corrected chi connectivity index (χ0v) is 12.7. The molecule has 1 unspecified atom stereocenters. The van der Waals surface area contributed by atoms with Gasteiger partial charge in [0.25, 0.3) is 5.89 Å². The maximum atomic E-state index is 11.9. The van der Waals surface area contributed by atoms with E-state index in [1.165, 1.54) is 0 Å². The molecule has 0 saturated carbocycles. The molecule has 0 N–H and O–H groups in total. The zero-order chi connectivity index (χ0) is 15.4. The number of nitrogens with zero attached hydrogens (tertiary/aromatic N) is 4. The number of hydrogen-bond donors (Lipinski definition) is 0. The van der Waals surface area contributed by atoms with Crippen LogP contribution >= 0.6 is 0 Å². The average Bonchev–Trinajstić information content (AvgIpc) is 3.22. The van der Waals surface area contributed by atoms with Crippen molar-refractivity contribution < 1.29 is 9.32 Å². The van der Waals surface area contributed by atoms with Crippen LogP contribution in [-0.2, 0) is 11.2 Å². The monoisotopic (exact) mass is 300 g/mol. The van der Waals surface area contributed by atoms with Gasteiger partial charge in [0.15, 0.2) is 5.82 Å². The van der Waals surface area contributed by atoms with Gasteiger partial charge in [-0.05, 0) is 31.4 Å². The molecule has 1 atom stereocenters. The second-order valence-electron chi connectivity index (χ2n) is 5.51. The van der Waals surface area contributed by atoms with Gasteiger partial charge in [0.1, 0.15) is 5.69 Å². The molecule has 0 bridgehead atoms. The summed E-state index contributed by atoms with van der Waals surface area (Å²) in [5.74, 6) is 1.37. The lowest BCUT2D eigenvalue weighted by atomic mass is 10.1. The van der Waals surface area contributed by atoms with Gasteiger partial charge in [0.2, 0.25) is 5.91 Å². The van der Waals surface area contributed by atoms with Crippen molar-refractivity contribution in [2.24, 2.45) is 0 Å². The van der Waals surface area contributed by atoms with Gasteiger partial charge in [-0.1, -0.05) is 18.1 Å². The van der Waals surface area contributed by atoms with E-state index in [-0.39, 0.29) is 5.91 Å². The molecule has 2 aromatic rings. The first-order chi connectivity index (χ1) is 10.8. The molecular formula is C16H20N4O2. The van der Waals surface area contributed by atoms with E-state index in [4.69, 9.17) is 4.52 Å². The molecule has 0 spiro atoms. The van der Waals surface area contributed by atoms with Gasteiger partial charge in [-0.15, -0.1) is 0 Å². The van der Waals surface area contributed by atoms with E-state index in [2.05, 4.69) is 15.1 Å². The van der Waals surface area contributed by atoms with Crippen molar-refractivity contribution >= 4 is 5.91 Å². The standard InChI is InChI=1S/C16H20N4O2/c1-2-15(21)20-11-5-6-12(20)8-9-14-18-16(22-19-14)13-7-3-4-10-17-13/h3-4,7,10,12H,2,5-6,8-9,11H2,1H3. The Labute approximate surface area is 129 Å². The van der Waals surface area contributed by atoms with Crippen molar-refractivity contribution in [2.75, 3.05) is 6.54 Å². The minimum absolute atomic E-state index is 0.241. The summed E-state index contributed by atoms with van der Waals surface area (Å²) in [4.78, 5) is 22.5. The normalized spacial score (nSPS) is 17.9. The number of likely N-dealkylation sites (tertiary alicyclic amines) is 1. The lowest BCUT2D eigenvalue weighted by Crippen LogP contribution is -2.35. The van der Waals surface area contributed by atoms with Crippen molar-refractivity contribution in [3.05, 3.63) is 30.2 Å². The maximum absolute atomic E-state index is 11.9. The van der Waals surface area contributed by atoms with E-state index in [1.54, 1.807) is 6.20 Å². The van der Waals surface area contributed by atoms with Crippen molar-refractivity contribution in [3.63, 3.8) is 0 Å². The summed E-state index contributed by atoms with van der Waals surface area (Å²) in [6.07, 6.45) is 6.02. The van der Waals surface area contributed by atoms with E-state index in [0.717, 1.165) is 25.8 Å². The van der Waals surface area contributed by atoms with Crippen LogP contribution in [0, 0.1) is 0 Å². The highest BCUT2D eigenvalue weighted by molar-refractivity contribution is 5.76. The van der Waals surface area contributed by atoms with Crippen LogP contribution in [0.1, 0.15) is 38.4 Å². The fourth-order valence-corrected chi connectivity index (χ4v) is 2.91. The molecule has 22 heavy (non-hydrogen) atoms. The summed E-state index contributed by atoms with van der Waals surface area (Å²) >= 11 is 0. The van der Waals surface area contributed by atoms with E-state index in [0.29, 0.717) is 36.3 Å². The molecule has 0 aliphatic carbocycles. The highest BCUT2D eigenvalue weighted by Gasteiger charge is 2.27. The zero-order valence-electron chi connectivity index (χ0n) is 12.7. The molecule has 3 heterocycles. The van der Waals surface area contributed by atoms with E-state index in [9.17, 15) is 4.79 Å². The molecule has 6 heteroatoms. The lowest BCUT2D eigenvalue weighted by Gasteiger charge is -2.23. The predicted molar refractivity (Wildman–Crippen MR) is 80.9 cm³/mol. The third-order valence-electron chi connectivity index (χ3n) is 4.05. The number of pyridine rings is 1. The number of carbonyl (C=O) groups excluding carboxylic acids is 1. The minimum atomic E-state index is 0.241. The third kappa shape index (κ3) is 3.16. The molecule has 2 aromatic heterocycles. The van der Waals surface area contributed by atoms with Gasteiger partial charge in [0.05, 0.1) is 0 Å². The van der Waals surface area contributed by atoms with Crippen molar-refractivity contribution in [1.82, 2.24) is 20.0 Å². The number of aromatic nitrogens is 3. The number of amides is 1. The Balaban J connectivity index is 1.60. The Kier molecular flexibility index (Phi) is 4.46. The second kappa shape index (κ2) is 6.68. The van der Waals surface area contributed by atoms with Crippen LogP contribution in [0.3, 0.4) is 0 Å². The Morgan fingerprint density at radius 3 is 3.14 bits per heavy atom. The van der Waals surface area contributed by atoms with Crippen LogP contribution in [-0.4, -0.2) is 38.5 Å². The fraction of sp³-hybridized carbons (Fsp3) is 0.500. The SMILES string of the molecule is CCC(=O)N1CCCC1CCc1noc(-c2ccccn2)n1.